The molecule has 0 aliphatic heterocycles. The van der Waals surface area contributed by atoms with E-state index in [-0.39, 0.29) is 5.69 Å². The summed E-state index contributed by atoms with van der Waals surface area (Å²) >= 11 is 0. The predicted octanol–water partition coefficient (Wildman–Crippen LogP) is 2.78. The van der Waals surface area contributed by atoms with Crippen molar-refractivity contribution in [3.05, 3.63) is 47.3 Å². The largest absolute Gasteiger partial charge is 0.381 e. The summed E-state index contributed by atoms with van der Waals surface area (Å²) in [6, 6.07) is 7.85. The summed E-state index contributed by atoms with van der Waals surface area (Å²) in [5.41, 5.74) is 3.56. The first-order valence-corrected chi connectivity index (χ1v) is 10.2. The highest BCUT2D eigenvalue weighted by molar-refractivity contribution is 5.72. The third kappa shape index (κ3) is 3.52. The molecule has 0 radical (unpaired) electrons. The number of imidazole rings is 1. The molecule has 0 saturated heterocycles. The number of hydrogen-bond acceptors (Lipinski definition) is 6. The first-order valence-electron chi connectivity index (χ1n) is 10.2. The number of aromatic amines is 2. The first-order chi connectivity index (χ1) is 14.7. The molecule has 1 aromatic carbocycles. The summed E-state index contributed by atoms with van der Waals surface area (Å²) in [5.74, 6) is 1.16. The Balaban J connectivity index is 1.42. The van der Waals surface area contributed by atoms with Crippen molar-refractivity contribution in [2.45, 2.75) is 38.3 Å². The van der Waals surface area contributed by atoms with Gasteiger partial charge in [0.2, 0.25) is 0 Å². The van der Waals surface area contributed by atoms with Crippen molar-refractivity contribution >= 4 is 11.3 Å². The van der Waals surface area contributed by atoms with Gasteiger partial charge in [-0.3, -0.25) is 14.6 Å². The van der Waals surface area contributed by atoms with Crippen LogP contribution < -0.4 is 5.69 Å². The summed E-state index contributed by atoms with van der Waals surface area (Å²) < 4.78 is 7.19. The van der Waals surface area contributed by atoms with E-state index < -0.39 is 0 Å². The van der Waals surface area contributed by atoms with Crippen molar-refractivity contribution in [1.82, 2.24) is 34.7 Å². The second kappa shape index (κ2) is 7.83. The number of H-pyrrole nitrogens is 2. The number of rotatable bonds is 5. The highest BCUT2D eigenvalue weighted by Crippen LogP contribution is 2.28. The lowest BCUT2D eigenvalue weighted by Crippen LogP contribution is -2.27. The minimum absolute atomic E-state index is 0.156. The van der Waals surface area contributed by atoms with Gasteiger partial charge in [-0.2, -0.15) is 5.10 Å². The summed E-state index contributed by atoms with van der Waals surface area (Å²) in [5, 5.41) is 6.73. The van der Waals surface area contributed by atoms with Crippen LogP contribution in [-0.4, -0.2) is 47.9 Å². The molecule has 154 valence electrons. The Kier molecular flexibility index (Phi) is 4.88. The molecule has 0 spiro atoms. The molecule has 0 unspecified atom stereocenters. The van der Waals surface area contributed by atoms with E-state index in [1.165, 1.54) is 6.33 Å². The van der Waals surface area contributed by atoms with Crippen LogP contribution >= 0.6 is 0 Å². The molecular weight excluding hydrogens is 382 g/mol. The van der Waals surface area contributed by atoms with Crippen LogP contribution in [0, 0.1) is 5.92 Å². The third-order valence-corrected chi connectivity index (χ3v) is 5.92. The number of ether oxygens (including phenoxy) is 1. The van der Waals surface area contributed by atoms with Crippen LogP contribution in [0.1, 0.15) is 25.7 Å². The lowest BCUT2D eigenvalue weighted by atomic mass is 9.87. The van der Waals surface area contributed by atoms with Crippen molar-refractivity contribution < 1.29 is 4.74 Å². The molecular formula is C21H23N7O2. The standard InChI is InChI=1S/C21H23N7O2/c1-30-16-8-2-13(3-9-16)11-28-20-19(26-21(28)29)22-10-17(25-20)14-4-6-15(7-5-14)18-23-12-24-27-18/h4-7,10,12-13,16H,2-3,8-9,11H2,1H3,(H,22,26,29)(H,23,24,27). The average Bonchev–Trinajstić information content (AvgIpc) is 3.43. The van der Waals surface area contributed by atoms with Crippen molar-refractivity contribution in [1.29, 1.82) is 0 Å². The molecule has 5 rings (SSSR count). The van der Waals surface area contributed by atoms with Gasteiger partial charge in [-0.05, 0) is 31.6 Å². The van der Waals surface area contributed by atoms with Gasteiger partial charge in [0.05, 0.1) is 18.0 Å². The lowest BCUT2D eigenvalue weighted by molar-refractivity contribution is 0.0542. The molecule has 0 bridgehead atoms. The van der Waals surface area contributed by atoms with E-state index in [9.17, 15) is 4.79 Å². The van der Waals surface area contributed by atoms with Gasteiger partial charge in [0.15, 0.2) is 17.1 Å². The van der Waals surface area contributed by atoms with Crippen LogP contribution in [0.3, 0.4) is 0 Å². The SMILES string of the molecule is COC1CCC(Cn2c(=O)[nH]c3ncc(-c4ccc(-c5ncn[nH]5)cc4)nc32)CC1. The van der Waals surface area contributed by atoms with Gasteiger partial charge in [-0.25, -0.2) is 19.7 Å². The number of fused-ring (bicyclic) bond motifs is 1. The van der Waals surface area contributed by atoms with Crippen LogP contribution in [0.25, 0.3) is 33.9 Å². The van der Waals surface area contributed by atoms with E-state index in [0.29, 0.717) is 35.7 Å². The van der Waals surface area contributed by atoms with E-state index in [1.54, 1.807) is 17.9 Å². The zero-order chi connectivity index (χ0) is 20.5. The van der Waals surface area contributed by atoms with Gasteiger partial charge >= 0.3 is 5.69 Å². The second-order valence-electron chi connectivity index (χ2n) is 7.76. The van der Waals surface area contributed by atoms with E-state index in [0.717, 1.165) is 42.5 Å². The fourth-order valence-corrected chi connectivity index (χ4v) is 4.18. The maximum atomic E-state index is 12.5. The van der Waals surface area contributed by atoms with Crippen LogP contribution in [0.4, 0.5) is 0 Å². The Morgan fingerprint density at radius 1 is 1.10 bits per heavy atom. The van der Waals surface area contributed by atoms with Crippen LogP contribution in [-0.2, 0) is 11.3 Å². The summed E-state index contributed by atoms with van der Waals surface area (Å²) in [7, 11) is 1.77. The zero-order valence-corrected chi connectivity index (χ0v) is 16.7. The Bertz CT molecular complexity index is 1190. The maximum Gasteiger partial charge on any atom is 0.328 e. The van der Waals surface area contributed by atoms with Crippen molar-refractivity contribution in [2.75, 3.05) is 7.11 Å². The fourth-order valence-electron chi connectivity index (χ4n) is 4.18. The molecule has 4 aromatic rings. The molecule has 1 aliphatic rings. The molecule has 1 saturated carbocycles. The molecule has 2 N–H and O–H groups in total. The van der Waals surface area contributed by atoms with Gasteiger partial charge < -0.3 is 4.74 Å². The van der Waals surface area contributed by atoms with Crippen molar-refractivity contribution in [2.24, 2.45) is 5.92 Å². The summed E-state index contributed by atoms with van der Waals surface area (Å²) in [6.07, 6.45) is 7.68. The Labute approximate surface area is 172 Å². The molecule has 9 nitrogen and oxygen atoms in total. The van der Waals surface area contributed by atoms with Crippen molar-refractivity contribution in [3.8, 4) is 22.6 Å². The van der Waals surface area contributed by atoms with Crippen LogP contribution in [0.15, 0.2) is 41.6 Å². The Morgan fingerprint density at radius 3 is 2.57 bits per heavy atom. The Hall–Kier alpha value is -3.33. The van der Waals surface area contributed by atoms with Gasteiger partial charge in [-0.15, -0.1) is 0 Å². The zero-order valence-electron chi connectivity index (χ0n) is 16.7. The number of nitrogens with one attached hydrogen (secondary N) is 2. The molecule has 1 fully saturated rings. The summed E-state index contributed by atoms with van der Waals surface area (Å²) in [4.78, 5) is 28.7. The Morgan fingerprint density at radius 2 is 1.87 bits per heavy atom. The van der Waals surface area contributed by atoms with Gasteiger partial charge in [-0.1, -0.05) is 24.3 Å². The highest BCUT2D eigenvalue weighted by Gasteiger charge is 2.23. The number of aromatic nitrogens is 7. The smallest absolute Gasteiger partial charge is 0.328 e. The molecule has 9 heteroatoms. The molecule has 30 heavy (non-hydrogen) atoms. The average molecular weight is 405 g/mol. The lowest BCUT2D eigenvalue weighted by Gasteiger charge is -2.27. The molecule has 1 aliphatic carbocycles. The minimum atomic E-state index is -0.156. The molecule has 0 atom stereocenters. The topological polar surface area (TPSA) is 114 Å². The number of methoxy groups -OCH3 is 1. The number of hydrogen-bond donors (Lipinski definition) is 2. The van der Waals surface area contributed by atoms with Gasteiger partial charge in [0.25, 0.3) is 0 Å². The third-order valence-electron chi connectivity index (χ3n) is 5.92. The van der Waals surface area contributed by atoms with Crippen LogP contribution in [0.5, 0.6) is 0 Å². The second-order valence-corrected chi connectivity index (χ2v) is 7.76. The quantitative estimate of drug-likeness (QED) is 0.528. The first kappa shape index (κ1) is 18.7. The molecule has 3 aromatic heterocycles. The number of nitrogens with zero attached hydrogens (tertiary/aromatic N) is 5. The van der Waals surface area contributed by atoms with E-state index in [4.69, 9.17) is 9.72 Å². The molecule has 0 amide bonds. The minimum Gasteiger partial charge on any atom is -0.381 e. The van der Waals surface area contributed by atoms with Crippen molar-refractivity contribution in [3.63, 3.8) is 0 Å². The van der Waals surface area contributed by atoms with Crippen LogP contribution in [0.2, 0.25) is 0 Å². The monoisotopic (exact) mass is 405 g/mol. The van der Waals surface area contributed by atoms with Gasteiger partial charge in [0.1, 0.15) is 6.33 Å². The molecule has 3 heterocycles. The van der Waals surface area contributed by atoms with E-state index in [1.807, 2.05) is 24.3 Å². The maximum absolute atomic E-state index is 12.5. The van der Waals surface area contributed by atoms with Gasteiger partial charge in [0, 0.05) is 24.8 Å². The van der Waals surface area contributed by atoms with E-state index in [2.05, 4.69) is 25.1 Å². The summed E-state index contributed by atoms with van der Waals surface area (Å²) in [6.45, 7) is 0.651. The highest BCUT2D eigenvalue weighted by atomic mass is 16.5. The number of benzene rings is 1. The fraction of sp³-hybridized carbons (Fsp3) is 0.381. The van der Waals surface area contributed by atoms with E-state index >= 15 is 0 Å². The predicted molar refractivity (Wildman–Crippen MR) is 112 cm³/mol. The normalized spacial score (nSPS) is 19.4.